The van der Waals surface area contributed by atoms with E-state index in [1.165, 1.54) is 18.2 Å². The quantitative estimate of drug-likeness (QED) is 0.259. The molecule has 0 radical (unpaired) electrons. The Bertz CT molecular complexity index is 343. The molecule has 4 heteroatoms. The molecule has 4 nitrogen and oxygen atoms in total. The molecule has 0 aliphatic rings. The first-order valence-corrected chi connectivity index (χ1v) is 5.12. The minimum atomic E-state index is -0.914. The average Bonchev–Trinajstić information content (AvgIpc) is 2.32. The fourth-order valence-electron chi connectivity index (χ4n) is 0.698. The molecule has 0 fully saturated rings. The second kappa shape index (κ2) is 12.7. The molecule has 98 valence electrons. The van der Waals surface area contributed by atoms with Crippen molar-refractivity contribution in [3.63, 3.8) is 0 Å². The third-order valence-corrected chi connectivity index (χ3v) is 1.52. The fourth-order valence-corrected chi connectivity index (χ4v) is 0.698. The van der Waals surface area contributed by atoms with Gasteiger partial charge in [0.2, 0.25) is 0 Å². The molecule has 0 aromatic rings. The Labute approximate surface area is 107 Å². The maximum Gasteiger partial charge on any atom is 0.328 e. The number of carbonyl (C=O) groups excluding carboxylic acids is 1. The van der Waals surface area contributed by atoms with Crippen molar-refractivity contribution < 1.29 is 19.4 Å². The maximum absolute atomic E-state index is 10.8. The highest BCUT2D eigenvalue weighted by Gasteiger charge is 2.09. The molecule has 0 aliphatic heterocycles. The van der Waals surface area contributed by atoms with Crippen LogP contribution in [0.15, 0.2) is 62.5 Å². The van der Waals surface area contributed by atoms with E-state index in [2.05, 4.69) is 24.5 Å². The first kappa shape index (κ1) is 18.0. The molecule has 1 N–H and O–H groups in total. The predicted molar refractivity (Wildman–Crippen MR) is 71.8 cm³/mol. The van der Waals surface area contributed by atoms with E-state index in [0.717, 1.165) is 12.3 Å². The summed E-state index contributed by atoms with van der Waals surface area (Å²) < 4.78 is 4.47. The molecule has 0 atom stereocenters. The van der Waals surface area contributed by atoms with Crippen LogP contribution < -0.4 is 0 Å². The lowest BCUT2D eigenvalue weighted by molar-refractivity contribution is -0.139. The third kappa shape index (κ3) is 11.7. The standard InChI is InChI=1S/C8H10O2.C6H8O2/c1-4-7(5-2)8(9)10-6-3;1-2-3-4-5-6(7)8/h4-7H,1-3H2;2-5H,1H3,(H,7,8). The van der Waals surface area contributed by atoms with Crippen molar-refractivity contribution in [3.8, 4) is 0 Å². The molecule has 0 rings (SSSR count). The topological polar surface area (TPSA) is 63.6 Å². The van der Waals surface area contributed by atoms with Gasteiger partial charge in [-0.25, -0.2) is 4.79 Å². The number of esters is 1. The van der Waals surface area contributed by atoms with Crippen molar-refractivity contribution in [2.24, 2.45) is 5.92 Å². The van der Waals surface area contributed by atoms with Gasteiger partial charge < -0.3 is 9.84 Å². The van der Waals surface area contributed by atoms with Gasteiger partial charge in [0.1, 0.15) is 0 Å². The summed E-state index contributed by atoms with van der Waals surface area (Å²) in [4.78, 5) is 20.5. The lowest BCUT2D eigenvalue weighted by atomic mass is 10.1. The van der Waals surface area contributed by atoms with Crippen LogP contribution in [0.3, 0.4) is 0 Å². The largest absolute Gasteiger partial charge is 0.478 e. The van der Waals surface area contributed by atoms with E-state index < -0.39 is 17.9 Å². The minimum absolute atomic E-state index is 0.403. The number of ether oxygens (including phenoxy) is 1. The molecule has 0 spiro atoms. The van der Waals surface area contributed by atoms with Gasteiger partial charge in [-0.3, -0.25) is 4.79 Å². The summed E-state index contributed by atoms with van der Waals surface area (Å²) >= 11 is 0. The number of carbonyl (C=O) groups is 2. The molecule has 0 saturated heterocycles. The fraction of sp³-hybridized carbons (Fsp3) is 0.143. The summed E-state index contributed by atoms with van der Waals surface area (Å²) in [6.07, 6.45) is 9.98. The summed E-state index contributed by atoms with van der Waals surface area (Å²) in [6.45, 7) is 11.9. The molecular formula is C14H18O4. The van der Waals surface area contributed by atoms with Crippen LogP contribution in [0.2, 0.25) is 0 Å². The van der Waals surface area contributed by atoms with E-state index in [0.29, 0.717) is 0 Å². The molecule has 0 heterocycles. The Morgan fingerprint density at radius 2 is 1.72 bits per heavy atom. The maximum atomic E-state index is 10.8. The lowest BCUT2D eigenvalue weighted by Gasteiger charge is -2.01. The Kier molecular flexibility index (Phi) is 12.7. The molecule has 0 unspecified atom stereocenters. The van der Waals surface area contributed by atoms with Crippen LogP contribution in [0.1, 0.15) is 6.92 Å². The van der Waals surface area contributed by atoms with E-state index in [-0.39, 0.29) is 0 Å². The van der Waals surface area contributed by atoms with Crippen molar-refractivity contribution >= 4 is 11.9 Å². The molecule has 0 saturated carbocycles. The highest BCUT2D eigenvalue weighted by Crippen LogP contribution is 2.01. The normalized spacial score (nSPS) is 9.67. The zero-order valence-electron chi connectivity index (χ0n) is 10.4. The number of carboxylic acid groups (broad SMARTS) is 1. The second-order valence-corrected chi connectivity index (χ2v) is 2.82. The van der Waals surface area contributed by atoms with Gasteiger partial charge in [0.25, 0.3) is 0 Å². The van der Waals surface area contributed by atoms with Crippen LogP contribution in [-0.4, -0.2) is 17.0 Å². The van der Waals surface area contributed by atoms with Crippen molar-refractivity contribution in [3.05, 3.63) is 62.5 Å². The van der Waals surface area contributed by atoms with Gasteiger partial charge in [-0.05, 0) is 6.92 Å². The number of hydrogen-bond acceptors (Lipinski definition) is 3. The minimum Gasteiger partial charge on any atom is -0.478 e. The van der Waals surface area contributed by atoms with Crippen molar-refractivity contribution in [2.45, 2.75) is 6.92 Å². The highest BCUT2D eigenvalue weighted by atomic mass is 16.5. The van der Waals surface area contributed by atoms with Gasteiger partial charge in [0, 0.05) is 6.08 Å². The zero-order valence-corrected chi connectivity index (χ0v) is 10.4. The van der Waals surface area contributed by atoms with E-state index in [9.17, 15) is 9.59 Å². The van der Waals surface area contributed by atoms with Gasteiger partial charge in [0.15, 0.2) is 0 Å². The van der Waals surface area contributed by atoms with Gasteiger partial charge in [-0.2, -0.15) is 0 Å². The molecular weight excluding hydrogens is 232 g/mol. The molecule has 0 bridgehead atoms. The first-order valence-electron chi connectivity index (χ1n) is 5.12. The molecule has 0 aliphatic carbocycles. The number of aliphatic carboxylic acids is 1. The summed E-state index contributed by atoms with van der Waals surface area (Å²) in [5.74, 6) is -1.75. The summed E-state index contributed by atoms with van der Waals surface area (Å²) in [6, 6.07) is 0. The van der Waals surface area contributed by atoms with E-state index in [1.54, 1.807) is 12.2 Å². The SMILES string of the molecule is C=COC(=O)C(C=C)C=C.CC=CC=CC(=O)O. The Hall–Kier alpha value is -2.36. The Morgan fingerprint density at radius 3 is 2.06 bits per heavy atom. The van der Waals surface area contributed by atoms with Crippen LogP contribution in [0, 0.1) is 5.92 Å². The number of hydrogen-bond donors (Lipinski definition) is 1. The van der Waals surface area contributed by atoms with E-state index >= 15 is 0 Å². The van der Waals surface area contributed by atoms with Crippen LogP contribution >= 0.6 is 0 Å². The van der Waals surface area contributed by atoms with E-state index in [4.69, 9.17) is 5.11 Å². The molecule has 0 amide bonds. The second-order valence-electron chi connectivity index (χ2n) is 2.82. The van der Waals surface area contributed by atoms with Crippen molar-refractivity contribution in [2.75, 3.05) is 0 Å². The molecule has 0 aromatic carbocycles. The Balaban J connectivity index is 0. The predicted octanol–water partition coefficient (Wildman–Crippen LogP) is 2.86. The van der Waals surface area contributed by atoms with Crippen LogP contribution in [0.5, 0.6) is 0 Å². The summed E-state index contributed by atoms with van der Waals surface area (Å²) in [5, 5.41) is 8.02. The molecule has 0 aromatic heterocycles. The lowest BCUT2D eigenvalue weighted by Crippen LogP contribution is -2.09. The van der Waals surface area contributed by atoms with Gasteiger partial charge in [0.05, 0.1) is 12.2 Å². The smallest absolute Gasteiger partial charge is 0.328 e. The Morgan fingerprint density at radius 1 is 1.17 bits per heavy atom. The number of allylic oxidation sites excluding steroid dienone is 3. The average molecular weight is 250 g/mol. The number of carboxylic acids is 1. The van der Waals surface area contributed by atoms with Crippen LogP contribution in [-0.2, 0) is 14.3 Å². The molecule has 18 heavy (non-hydrogen) atoms. The summed E-state index contributed by atoms with van der Waals surface area (Å²) in [7, 11) is 0. The van der Waals surface area contributed by atoms with Gasteiger partial charge in [-0.15, -0.1) is 13.2 Å². The van der Waals surface area contributed by atoms with Crippen LogP contribution in [0.25, 0.3) is 0 Å². The highest BCUT2D eigenvalue weighted by molar-refractivity contribution is 5.80. The van der Waals surface area contributed by atoms with E-state index in [1.807, 2.05) is 6.92 Å². The zero-order chi connectivity index (χ0) is 14.4. The van der Waals surface area contributed by atoms with Gasteiger partial charge >= 0.3 is 11.9 Å². The summed E-state index contributed by atoms with van der Waals surface area (Å²) in [5.41, 5.74) is 0. The van der Waals surface area contributed by atoms with Crippen molar-refractivity contribution in [1.29, 1.82) is 0 Å². The van der Waals surface area contributed by atoms with Crippen molar-refractivity contribution in [1.82, 2.24) is 0 Å². The third-order valence-electron chi connectivity index (χ3n) is 1.52. The number of rotatable bonds is 6. The van der Waals surface area contributed by atoms with Crippen LogP contribution in [0.4, 0.5) is 0 Å². The first-order chi connectivity index (χ1) is 8.53. The monoisotopic (exact) mass is 250 g/mol. The van der Waals surface area contributed by atoms with Gasteiger partial charge in [-0.1, -0.05) is 37.0 Å².